The predicted molar refractivity (Wildman–Crippen MR) is 79.7 cm³/mol. The number of hydrogen-bond acceptors (Lipinski definition) is 5. The minimum Gasteiger partial charge on any atom is -0.375 e. The maximum Gasteiger partial charge on any atom is 0.273 e. The monoisotopic (exact) mass is 329 g/mol. The minimum atomic E-state index is -3.74. The third kappa shape index (κ3) is 3.00. The van der Waals surface area contributed by atoms with E-state index in [-0.39, 0.29) is 28.8 Å². The van der Waals surface area contributed by atoms with Gasteiger partial charge >= 0.3 is 0 Å². The molecule has 3 unspecified atom stereocenters. The standard InChI is InChI=1S/C14H19NO4S2/c1-8-5-14(20-9(8)2)21(17,18)15-13(16)7-10-6-11-3-4-12(10)19-11/h5,10-12H,3-4,6-7H2,1-2H3,(H,15,16). The van der Waals surface area contributed by atoms with E-state index < -0.39 is 15.9 Å². The molecular formula is C14H19NO4S2. The molecule has 0 spiro atoms. The highest BCUT2D eigenvalue weighted by molar-refractivity contribution is 7.92. The Morgan fingerprint density at radius 2 is 2.19 bits per heavy atom. The van der Waals surface area contributed by atoms with E-state index in [9.17, 15) is 13.2 Å². The summed E-state index contributed by atoms with van der Waals surface area (Å²) < 4.78 is 32.5. The lowest BCUT2D eigenvalue weighted by Crippen LogP contribution is -2.33. The Bertz CT molecular complexity index is 645. The number of carbonyl (C=O) groups is 1. The molecule has 2 fully saturated rings. The maximum atomic E-state index is 12.2. The van der Waals surface area contributed by atoms with Crippen LogP contribution in [0.1, 0.15) is 36.1 Å². The van der Waals surface area contributed by atoms with Crippen molar-refractivity contribution in [3.05, 3.63) is 16.5 Å². The SMILES string of the molecule is Cc1cc(S(=O)(=O)NC(=O)CC2CC3CCC2O3)sc1C. The van der Waals surface area contributed by atoms with Gasteiger partial charge in [-0.1, -0.05) is 0 Å². The van der Waals surface area contributed by atoms with E-state index in [4.69, 9.17) is 4.74 Å². The summed E-state index contributed by atoms with van der Waals surface area (Å²) in [5.41, 5.74) is 0.925. The molecule has 0 aliphatic carbocycles. The number of carbonyl (C=O) groups excluding carboxylic acids is 1. The van der Waals surface area contributed by atoms with E-state index in [0.29, 0.717) is 0 Å². The normalized spacial score (nSPS) is 28.0. The van der Waals surface area contributed by atoms with Crippen LogP contribution in [0.25, 0.3) is 0 Å². The van der Waals surface area contributed by atoms with E-state index in [1.807, 2.05) is 13.8 Å². The van der Waals surface area contributed by atoms with E-state index in [1.165, 1.54) is 11.3 Å². The molecule has 7 heteroatoms. The summed E-state index contributed by atoms with van der Waals surface area (Å²) in [4.78, 5) is 13.0. The van der Waals surface area contributed by atoms with Crippen LogP contribution in [0.3, 0.4) is 0 Å². The molecule has 0 radical (unpaired) electrons. The topological polar surface area (TPSA) is 72.5 Å². The highest BCUT2D eigenvalue weighted by atomic mass is 32.2. The van der Waals surface area contributed by atoms with E-state index in [0.717, 1.165) is 29.7 Å². The molecule has 0 saturated carbocycles. The Balaban J connectivity index is 1.64. The molecule has 1 N–H and O–H groups in total. The first-order valence-electron chi connectivity index (χ1n) is 7.13. The van der Waals surface area contributed by atoms with Crippen molar-refractivity contribution in [2.75, 3.05) is 0 Å². The van der Waals surface area contributed by atoms with Crippen LogP contribution in [0.2, 0.25) is 0 Å². The van der Waals surface area contributed by atoms with Crippen LogP contribution >= 0.6 is 11.3 Å². The fourth-order valence-electron chi connectivity index (χ4n) is 3.11. The summed E-state index contributed by atoms with van der Waals surface area (Å²) in [5, 5.41) is 0. The predicted octanol–water partition coefficient (Wildman–Crippen LogP) is 2.13. The Morgan fingerprint density at radius 1 is 1.43 bits per heavy atom. The van der Waals surface area contributed by atoms with Gasteiger partial charge in [-0.2, -0.15) is 0 Å². The fourth-order valence-corrected chi connectivity index (χ4v) is 5.62. The molecule has 0 aromatic carbocycles. The third-order valence-electron chi connectivity index (χ3n) is 4.34. The molecule has 1 aromatic heterocycles. The minimum absolute atomic E-state index is 0.134. The lowest BCUT2D eigenvalue weighted by Gasteiger charge is -2.17. The summed E-state index contributed by atoms with van der Waals surface area (Å²) in [5.74, 6) is -0.273. The number of fused-ring (bicyclic) bond motifs is 2. The number of ether oxygens (including phenoxy) is 1. The van der Waals surface area contributed by atoms with Crippen LogP contribution in [0.5, 0.6) is 0 Å². The van der Waals surface area contributed by atoms with Gasteiger partial charge in [0.05, 0.1) is 12.2 Å². The number of sulfonamides is 1. The molecule has 116 valence electrons. The van der Waals surface area contributed by atoms with Crippen LogP contribution in [-0.2, 0) is 19.6 Å². The molecule has 1 aromatic rings. The van der Waals surface area contributed by atoms with Crippen LogP contribution in [0.15, 0.2) is 10.3 Å². The molecule has 3 atom stereocenters. The summed E-state index contributed by atoms with van der Waals surface area (Å²) in [6.45, 7) is 3.73. The Morgan fingerprint density at radius 3 is 2.71 bits per heavy atom. The third-order valence-corrected chi connectivity index (χ3v) is 7.34. The molecule has 3 rings (SSSR count). The Hall–Kier alpha value is -0.920. The fraction of sp³-hybridized carbons (Fsp3) is 0.643. The van der Waals surface area contributed by atoms with Crippen molar-refractivity contribution >= 4 is 27.3 Å². The first-order valence-corrected chi connectivity index (χ1v) is 9.43. The molecule has 2 saturated heterocycles. The van der Waals surface area contributed by atoms with E-state index in [2.05, 4.69) is 4.72 Å². The summed E-state index contributed by atoms with van der Waals surface area (Å²) >= 11 is 1.19. The van der Waals surface area contributed by atoms with Crippen molar-refractivity contribution in [2.45, 2.75) is 55.9 Å². The quantitative estimate of drug-likeness (QED) is 0.918. The molecule has 1 amide bonds. The van der Waals surface area contributed by atoms with Gasteiger partial charge in [-0.25, -0.2) is 13.1 Å². The van der Waals surface area contributed by atoms with Crippen LogP contribution in [-0.4, -0.2) is 26.5 Å². The van der Waals surface area contributed by atoms with Crippen LogP contribution in [0.4, 0.5) is 0 Å². The zero-order valence-corrected chi connectivity index (χ0v) is 13.7. The largest absolute Gasteiger partial charge is 0.375 e. The molecule has 3 heterocycles. The highest BCUT2D eigenvalue weighted by Gasteiger charge is 2.41. The summed E-state index contributed by atoms with van der Waals surface area (Å²) in [6.07, 6.45) is 3.55. The Kier molecular flexibility index (Phi) is 3.83. The molecule has 2 aliphatic rings. The van der Waals surface area contributed by atoms with Crippen molar-refractivity contribution in [1.29, 1.82) is 0 Å². The first-order chi connectivity index (χ1) is 9.85. The lowest BCUT2D eigenvalue weighted by atomic mass is 9.87. The second kappa shape index (κ2) is 5.37. The summed E-state index contributed by atoms with van der Waals surface area (Å²) in [7, 11) is -3.74. The van der Waals surface area contributed by atoms with Crippen molar-refractivity contribution in [3.63, 3.8) is 0 Å². The average molecular weight is 329 g/mol. The smallest absolute Gasteiger partial charge is 0.273 e. The number of nitrogens with one attached hydrogen (secondary N) is 1. The van der Waals surface area contributed by atoms with Gasteiger partial charge < -0.3 is 4.74 Å². The van der Waals surface area contributed by atoms with Gasteiger partial charge in [-0.15, -0.1) is 11.3 Å². The number of amides is 1. The Labute approximate surface area is 128 Å². The molecular weight excluding hydrogens is 310 g/mol. The highest BCUT2D eigenvalue weighted by Crippen LogP contribution is 2.40. The molecule has 2 bridgehead atoms. The van der Waals surface area contributed by atoms with Gasteiger partial charge in [0.25, 0.3) is 10.0 Å². The van der Waals surface area contributed by atoms with Crippen LogP contribution in [0, 0.1) is 19.8 Å². The molecule has 2 aliphatic heterocycles. The molecule has 21 heavy (non-hydrogen) atoms. The van der Waals surface area contributed by atoms with E-state index >= 15 is 0 Å². The number of thiophene rings is 1. The number of aryl methyl sites for hydroxylation is 2. The van der Waals surface area contributed by atoms with Gasteiger partial charge in [0.15, 0.2) is 0 Å². The second-order valence-corrected chi connectivity index (χ2v) is 9.07. The van der Waals surface area contributed by atoms with Gasteiger partial charge in [-0.3, -0.25) is 4.79 Å². The van der Waals surface area contributed by atoms with Gasteiger partial charge in [0.1, 0.15) is 4.21 Å². The van der Waals surface area contributed by atoms with Gasteiger partial charge in [-0.05, 0) is 50.7 Å². The number of hydrogen-bond donors (Lipinski definition) is 1. The second-order valence-electron chi connectivity index (χ2n) is 5.91. The van der Waals surface area contributed by atoms with Crippen molar-refractivity contribution < 1.29 is 17.9 Å². The van der Waals surface area contributed by atoms with Crippen LogP contribution < -0.4 is 4.72 Å². The first kappa shape index (κ1) is 15.0. The van der Waals surface area contributed by atoms with E-state index in [1.54, 1.807) is 6.07 Å². The lowest BCUT2D eigenvalue weighted by molar-refractivity contribution is -0.120. The zero-order valence-electron chi connectivity index (χ0n) is 12.1. The molecule has 5 nitrogen and oxygen atoms in total. The zero-order chi connectivity index (χ0) is 15.2. The van der Waals surface area contributed by atoms with Gasteiger partial charge in [0.2, 0.25) is 5.91 Å². The number of rotatable bonds is 4. The van der Waals surface area contributed by atoms with Crippen molar-refractivity contribution in [2.24, 2.45) is 5.92 Å². The van der Waals surface area contributed by atoms with Crippen molar-refractivity contribution in [3.8, 4) is 0 Å². The van der Waals surface area contributed by atoms with Crippen molar-refractivity contribution in [1.82, 2.24) is 4.72 Å². The average Bonchev–Trinajstić information content (AvgIpc) is 3.06. The maximum absolute atomic E-state index is 12.2. The van der Waals surface area contributed by atoms with Gasteiger partial charge in [0, 0.05) is 11.3 Å². The summed E-state index contributed by atoms with van der Waals surface area (Å²) in [6, 6.07) is 1.61.